The molecule has 0 aromatic carbocycles. The van der Waals surface area contributed by atoms with Gasteiger partial charge in [0.05, 0.1) is 0 Å². The van der Waals surface area contributed by atoms with E-state index in [1.165, 1.54) is 0 Å². The highest BCUT2D eigenvalue weighted by molar-refractivity contribution is 5.79. The second-order valence-electron chi connectivity index (χ2n) is 5.17. The van der Waals surface area contributed by atoms with Crippen molar-refractivity contribution in [2.24, 2.45) is 0 Å². The van der Waals surface area contributed by atoms with E-state index in [9.17, 15) is 4.79 Å². The lowest BCUT2D eigenvalue weighted by molar-refractivity contribution is -0.120. The average molecular weight is 266 g/mol. The van der Waals surface area contributed by atoms with E-state index in [0.717, 1.165) is 25.7 Å². The number of ketones is 1. The molecule has 0 N–H and O–H groups in total. The summed E-state index contributed by atoms with van der Waals surface area (Å²) in [5.41, 5.74) is -0.452. The highest BCUT2D eigenvalue weighted by atomic mass is 16.5. The van der Waals surface area contributed by atoms with Gasteiger partial charge in [0.1, 0.15) is 11.4 Å². The number of rotatable bonds is 5. The highest BCUT2D eigenvalue weighted by Gasteiger charge is 2.35. The van der Waals surface area contributed by atoms with E-state index < -0.39 is 5.60 Å². The van der Waals surface area contributed by atoms with Gasteiger partial charge in [-0.1, -0.05) is 19.0 Å². The molecule has 1 aromatic heterocycles. The summed E-state index contributed by atoms with van der Waals surface area (Å²) in [5, 5.41) is 4.10. The molecular formula is C14H22N2O3. The zero-order valence-electron chi connectivity index (χ0n) is 11.9. The summed E-state index contributed by atoms with van der Waals surface area (Å²) < 4.78 is 11.0. The molecule has 1 aliphatic carbocycles. The van der Waals surface area contributed by atoms with Gasteiger partial charge < -0.3 is 9.26 Å². The molecular weight excluding hydrogens is 244 g/mol. The van der Waals surface area contributed by atoms with E-state index in [2.05, 4.69) is 24.0 Å². The van der Waals surface area contributed by atoms with Crippen LogP contribution in [-0.2, 0) is 15.1 Å². The van der Waals surface area contributed by atoms with Crippen LogP contribution in [0.1, 0.15) is 70.0 Å². The third-order valence-corrected chi connectivity index (χ3v) is 4.27. The van der Waals surface area contributed by atoms with Crippen LogP contribution in [-0.4, -0.2) is 23.0 Å². The minimum atomic E-state index is -0.452. The quantitative estimate of drug-likeness (QED) is 0.819. The van der Waals surface area contributed by atoms with Crippen molar-refractivity contribution in [2.75, 3.05) is 7.11 Å². The van der Waals surface area contributed by atoms with E-state index in [-0.39, 0.29) is 5.92 Å². The first kappa shape index (κ1) is 14.2. The van der Waals surface area contributed by atoms with Gasteiger partial charge in [-0.2, -0.15) is 4.98 Å². The summed E-state index contributed by atoms with van der Waals surface area (Å²) in [4.78, 5) is 15.8. The second kappa shape index (κ2) is 5.82. The summed E-state index contributed by atoms with van der Waals surface area (Å²) in [6.45, 7) is 4.12. The maximum Gasteiger partial charge on any atom is 0.229 e. The van der Waals surface area contributed by atoms with E-state index in [0.29, 0.717) is 30.3 Å². The fourth-order valence-electron chi connectivity index (χ4n) is 2.72. The first-order valence-corrected chi connectivity index (χ1v) is 7.06. The number of nitrogens with zero attached hydrogens (tertiary/aromatic N) is 2. The summed E-state index contributed by atoms with van der Waals surface area (Å²) in [6, 6.07) is 0. The lowest BCUT2D eigenvalue weighted by atomic mass is 9.88. The largest absolute Gasteiger partial charge is 0.370 e. The molecule has 0 aliphatic heterocycles. The number of carbonyl (C=O) groups excluding carboxylic acids is 1. The van der Waals surface area contributed by atoms with E-state index in [1.807, 2.05) is 0 Å². The van der Waals surface area contributed by atoms with Crippen LogP contribution in [0.25, 0.3) is 0 Å². The molecule has 1 aromatic rings. The Morgan fingerprint density at radius 2 is 1.95 bits per heavy atom. The fraction of sp³-hybridized carbons (Fsp3) is 0.786. The number of hydrogen-bond acceptors (Lipinski definition) is 5. The molecule has 0 saturated heterocycles. The highest BCUT2D eigenvalue weighted by Crippen LogP contribution is 2.34. The van der Waals surface area contributed by atoms with Crippen molar-refractivity contribution in [2.45, 2.75) is 63.9 Å². The Labute approximate surface area is 113 Å². The molecule has 0 radical (unpaired) electrons. The number of Topliss-reactive ketones (excluding diaryl/α,β-unsaturated/α-hetero) is 1. The molecule has 106 valence electrons. The monoisotopic (exact) mass is 266 g/mol. The lowest BCUT2D eigenvalue weighted by Gasteiger charge is -2.26. The fourth-order valence-corrected chi connectivity index (χ4v) is 2.72. The van der Waals surface area contributed by atoms with E-state index in [1.54, 1.807) is 7.11 Å². The van der Waals surface area contributed by atoms with Crippen LogP contribution in [0.5, 0.6) is 0 Å². The summed E-state index contributed by atoms with van der Waals surface area (Å²) in [7, 11) is 1.68. The Bertz CT molecular complexity index is 419. The topological polar surface area (TPSA) is 65.2 Å². The van der Waals surface area contributed by atoms with E-state index >= 15 is 0 Å². The molecule has 0 spiro atoms. The predicted molar refractivity (Wildman–Crippen MR) is 69.8 cm³/mol. The molecule has 19 heavy (non-hydrogen) atoms. The van der Waals surface area contributed by atoms with E-state index in [4.69, 9.17) is 9.26 Å². The molecule has 0 bridgehead atoms. The van der Waals surface area contributed by atoms with Crippen LogP contribution in [0.2, 0.25) is 0 Å². The van der Waals surface area contributed by atoms with Crippen molar-refractivity contribution in [3.63, 3.8) is 0 Å². The number of aromatic nitrogens is 2. The van der Waals surface area contributed by atoms with Gasteiger partial charge in [0, 0.05) is 25.9 Å². The third kappa shape index (κ3) is 2.71. The summed E-state index contributed by atoms with van der Waals surface area (Å²) in [5.74, 6) is 1.85. The Kier molecular flexibility index (Phi) is 4.34. The molecule has 2 rings (SSSR count). The average Bonchev–Trinajstić information content (AvgIpc) is 2.93. The SMILES string of the molecule is CCC(CC)(OC)c1noc(C2CCC(=O)CC2)n1. The van der Waals surface area contributed by atoms with Crippen molar-refractivity contribution >= 4 is 5.78 Å². The molecule has 1 heterocycles. The molecule has 1 aliphatic rings. The third-order valence-electron chi connectivity index (χ3n) is 4.27. The number of methoxy groups -OCH3 is 1. The van der Waals surface area contributed by atoms with Crippen molar-refractivity contribution in [1.29, 1.82) is 0 Å². The minimum absolute atomic E-state index is 0.224. The van der Waals surface area contributed by atoms with Gasteiger partial charge in [0.25, 0.3) is 0 Å². The van der Waals surface area contributed by atoms with Crippen molar-refractivity contribution in [1.82, 2.24) is 10.1 Å². The van der Waals surface area contributed by atoms with Crippen LogP contribution in [0.3, 0.4) is 0 Å². The van der Waals surface area contributed by atoms with Gasteiger partial charge >= 0.3 is 0 Å². The first-order chi connectivity index (χ1) is 9.15. The summed E-state index contributed by atoms with van der Waals surface area (Å²) in [6.07, 6.45) is 4.50. The number of carbonyl (C=O) groups is 1. The van der Waals surface area contributed by atoms with Gasteiger partial charge in [0.2, 0.25) is 11.7 Å². The molecule has 0 atom stereocenters. The first-order valence-electron chi connectivity index (χ1n) is 7.06. The van der Waals surface area contributed by atoms with Crippen molar-refractivity contribution in [3.8, 4) is 0 Å². The Hall–Kier alpha value is -1.23. The van der Waals surface area contributed by atoms with Crippen molar-refractivity contribution < 1.29 is 14.1 Å². The minimum Gasteiger partial charge on any atom is -0.370 e. The van der Waals surface area contributed by atoms with Gasteiger partial charge in [-0.15, -0.1) is 0 Å². The van der Waals surface area contributed by atoms with Crippen LogP contribution in [0.15, 0.2) is 4.52 Å². The van der Waals surface area contributed by atoms with Crippen molar-refractivity contribution in [3.05, 3.63) is 11.7 Å². The zero-order chi connectivity index (χ0) is 13.9. The smallest absolute Gasteiger partial charge is 0.229 e. The van der Waals surface area contributed by atoms with Gasteiger partial charge in [0.15, 0.2) is 0 Å². The Morgan fingerprint density at radius 3 is 2.47 bits per heavy atom. The van der Waals surface area contributed by atoms with Crippen LogP contribution in [0, 0.1) is 0 Å². The van der Waals surface area contributed by atoms with Gasteiger partial charge in [-0.3, -0.25) is 4.79 Å². The standard InChI is InChI=1S/C14H22N2O3/c1-4-14(5-2,18-3)13-15-12(19-16-13)10-6-8-11(17)9-7-10/h10H,4-9H2,1-3H3. The molecule has 0 amide bonds. The second-order valence-corrected chi connectivity index (χ2v) is 5.17. The molecule has 1 fully saturated rings. The Balaban J connectivity index is 2.16. The number of hydrogen-bond donors (Lipinski definition) is 0. The molecule has 0 unspecified atom stereocenters. The van der Waals surface area contributed by atoms with Gasteiger partial charge in [-0.05, 0) is 25.7 Å². The maximum absolute atomic E-state index is 11.3. The molecule has 5 nitrogen and oxygen atoms in total. The lowest BCUT2D eigenvalue weighted by Crippen LogP contribution is -2.28. The van der Waals surface area contributed by atoms with Crippen LogP contribution >= 0.6 is 0 Å². The predicted octanol–water partition coefficient (Wildman–Crippen LogP) is 2.96. The van der Waals surface area contributed by atoms with Gasteiger partial charge in [-0.25, -0.2) is 0 Å². The number of ether oxygens (including phenoxy) is 1. The summed E-state index contributed by atoms with van der Waals surface area (Å²) >= 11 is 0. The molecule has 1 saturated carbocycles. The molecule has 5 heteroatoms. The Morgan fingerprint density at radius 1 is 1.32 bits per heavy atom. The van der Waals surface area contributed by atoms with Crippen LogP contribution in [0.4, 0.5) is 0 Å². The normalized spacial score (nSPS) is 17.9. The zero-order valence-corrected chi connectivity index (χ0v) is 11.9. The maximum atomic E-state index is 11.3. The van der Waals surface area contributed by atoms with Crippen LogP contribution < -0.4 is 0 Å².